The summed E-state index contributed by atoms with van der Waals surface area (Å²) in [7, 11) is 2.29. The minimum atomic E-state index is 0.720. The third kappa shape index (κ3) is 1.25. The highest BCUT2D eigenvalue weighted by molar-refractivity contribution is 5.88. The van der Waals surface area contributed by atoms with E-state index in [1.807, 2.05) is 0 Å². The fourth-order valence-corrected chi connectivity index (χ4v) is 3.87. The SMILES string of the molecule is CN1CCC[C@H]2c3cccc4[nH]cc(c34)C[C@@H]21. The van der Waals surface area contributed by atoms with Crippen LogP contribution in [0.2, 0.25) is 0 Å². The van der Waals surface area contributed by atoms with E-state index in [-0.39, 0.29) is 0 Å². The molecule has 1 aliphatic carbocycles. The number of rotatable bonds is 0. The summed E-state index contributed by atoms with van der Waals surface area (Å²) >= 11 is 0. The lowest BCUT2D eigenvalue weighted by molar-refractivity contribution is 0.157. The molecule has 1 aromatic carbocycles. The fraction of sp³-hybridized carbons (Fsp3) is 0.467. The van der Waals surface area contributed by atoms with Crippen LogP contribution >= 0.6 is 0 Å². The normalized spacial score (nSPS) is 28.3. The van der Waals surface area contributed by atoms with Gasteiger partial charge < -0.3 is 9.88 Å². The summed E-state index contributed by atoms with van der Waals surface area (Å²) in [4.78, 5) is 5.98. The van der Waals surface area contributed by atoms with E-state index >= 15 is 0 Å². The predicted molar refractivity (Wildman–Crippen MR) is 70.4 cm³/mol. The molecule has 0 spiro atoms. The maximum Gasteiger partial charge on any atom is 0.0459 e. The van der Waals surface area contributed by atoms with Gasteiger partial charge in [0.25, 0.3) is 0 Å². The van der Waals surface area contributed by atoms with Gasteiger partial charge in [0.1, 0.15) is 0 Å². The van der Waals surface area contributed by atoms with Gasteiger partial charge in [0.05, 0.1) is 0 Å². The van der Waals surface area contributed by atoms with Gasteiger partial charge in [-0.25, -0.2) is 0 Å². The topological polar surface area (TPSA) is 19.0 Å². The molecule has 17 heavy (non-hydrogen) atoms. The third-order valence-corrected chi connectivity index (χ3v) is 4.70. The Morgan fingerprint density at radius 1 is 1.35 bits per heavy atom. The number of piperidine rings is 1. The predicted octanol–water partition coefficient (Wildman–Crippen LogP) is 2.90. The van der Waals surface area contributed by atoms with E-state index in [9.17, 15) is 0 Å². The van der Waals surface area contributed by atoms with Gasteiger partial charge in [-0.05, 0) is 50.0 Å². The summed E-state index contributed by atoms with van der Waals surface area (Å²) in [6.07, 6.45) is 6.14. The molecular weight excluding hydrogens is 208 g/mol. The molecule has 0 radical (unpaired) electrons. The second-order valence-corrected chi connectivity index (χ2v) is 5.58. The van der Waals surface area contributed by atoms with Crippen LogP contribution < -0.4 is 0 Å². The van der Waals surface area contributed by atoms with Crippen LogP contribution in [-0.2, 0) is 6.42 Å². The second-order valence-electron chi connectivity index (χ2n) is 5.58. The molecule has 2 aliphatic rings. The maximum atomic E-state index is 3.43. The molecule has 4 rings (SSSR count). The quantitative estimate of drug-likeness (QED) is 0.732. The van der Waals surface area contributed by atoms with E-state index in [2.05, 4.69) is 41.3 Å². The number of hydrogen-bond acceptors (Lipinski definition) is 1. The Hall–Kier alpha value is -1.28. The van der Waals surface area contributed by atoms with Crippen molar-refractivity contribution in [1.82, 2.24) is 9.88 Å². The average Bonchev–Trinajstić information content (AvgIpc) is 2.76. The highest BCUT2D eigenvalue weighted by Gasteiger charge is 2.35. The Labute approximate surface area is 102 Å². The second kappa shape index (κ2) is 3.36. The molecule has 0 amide bonds. The zero-order valence-electron chi connectivity index (χ0n) is 10.2. The van der Waals surface area contributed by atoms with E-state index in [0.717, 1.165) is 12.0 Å². The first-order chi connectivity index (χ1) is 8.34. The number of benzene rings is 1. The van der Waals surface area contributed by atoms with Crippen LogP contribution in [0.1, 0.15) is 29.9 Å². The summed E-state index contributed by atoms with van der Waals surface area (Å²) in [6, 6.07) is 7.47. The van der Waals surface area contributed by atoms with Gasteiger partial charge in [-0.2, -0.15) is 0 Å². The summed E-state index contributed by atoms with van der Waals surface area (Å²) in [5.74, 6) is 0.751. The molecule has 1 aromatic heterocycles. The molecule has 2 aromatic rings. The molecule has 2 heterocycles. The monoisotopic (exact) mass is 226 g/mol. The van der Waals surface area contributed by atoms with Crippen LogP contribution in [0.25, 0.3) is 10.9 Å². The molecule has 1 aliphatic heterocycles. The fourth-order valence-electron chi connectivity index (χ4n) is 3.87. The number of hydrogen-bond donors (Lipinski definition) is 1. The number of H-pyrrole nitrogens is 1. The lowest BCUT2D eigenvalue weighted by Gasteiger charge is -2.42. The van der Waals surface area contributed by atoms with Gasteiger partial charge in [-0.1, -0.05) is 12.1 Å². The molecule has 1 saturated heterocycles. The van der Waals surface area contributed by atoms with Gasteiger partial charge in [0, 0.05) is 29.1 Å². The summed E-state index contributed by atoms with van der Waals surface area (Å²) < 4.78 is 0. The van der Waals surface area contributed by atoms with Crippen LogP contribution in [0.4, 0.5) is 0 Å². The molecule has 88 valence electrons. The van der Waals surface area contributed by atoms with Crippen LogP contribution in [0.5, 0.6) is 0 Å². The Morgan fingerprint density at radius 2 is 2.29 bits per heavy atom. The highest BCUT2D eigenvalue weighted by atomic mass is 15.1. The summed E-state index contributed by atoms with van der Waals surface area (Å²) in [5, 5.41) is 1.52. The standard InChI is InChI=1S/C15H18N2/c1-17-7-3-5-11-12-4-2-6-13-15(12)10(9-16-13)8-14(11)17/h2,4,6,9,11,14,16H,3,5,7-8H2,1H3/t11-,14-/m0/s1. The van der Waals surface area contributed by atoms with E-state index < -0.39 is 0 Å². The number of likely N-dealkylation sites (tertiary alicyclic amines) is 1. The molecule has 0 unspecified atom stereocenters. The number of aromatic amines is 1. The van der Waals surface area contributed by atoms with Crippen molar-refractivity contribution in [3.05, 3.63) is 35.5 Å². The highest BCUT2D eigenvalue weighted by Crippen LogP contribution is 2.42. The lowest BCUT2D eigenvalue weighted by Crippen LogP contribution is -2.44. The van der Waals surface area contributed by atoms with Crippen LogP contribution in [0.15, 0.2) is 24.4 Å². The maximum absolute atomic E-state index is 3.43. The molecular formula is C15H18N2. The van der Waals surface area contributed by atoms with Crippen molar-refractivity contribution < 1.29 is 0 Å². The molecule has 2 heteroatoms. The Balaban J connectivity index is 1.95. The average molecular weight is 226 g/mol. The van der Waals surface area contributed by atoms with Crippen LogP contribution in [0, 0.1) is 0 Å². The number of nitrogens with one attached hydrogen (secondary N) is 1. The molecule has 1 fully saturated rings. The van der Waals surface area contributed by atoms with Gasteiger partial charge in [0.2, 0.25) is 0 Å². The lowest BCUT2D eigenvalue weighted by atomic mass is 9.75. The molecule has 1 N–H and O–H groups in total. The number of nitrogens with zero attached hydrogens (tertiary/aromatic N) is 1. The zero-order valence-corrected chi connectivity index (χ0v) is 10.2. The zero-order chi connectivity index (χ0) is 11.4. The first-order valence-corrected chi connectivity index (χ1v) is 6.64. The minimum Gasteiger partial charge on any atom is -0.361 e. The van der Waals surface area contributed by atoms with Crippen molar-refractivity contribution in [1.29, 1.82) is 0 Å². The first-order valence-electron chi connectivity index (χ1n) is 6.64. The van der Waals surface area contributed by atoms with Crippen LogP contribution in [0.3, 0.4) is 0 Å². The largest absolute Gasteiger partial charge is 0.361 e. The van der Waals surface area contributed by atoms with Gasteiger partial charge in [-0.15, -0.1) is 0 Å². The Kier molecular flexibility index (Phi) is 1.92. The first kappa shape index (κ1) is 9.72. The molecule has 2 atom stereocenters. The van der Waals surface area contributed by atoms with Crippen molar-refractivity contribution in [2.75, 3.05) is 13.6 Å². The summed E-state index contributed by atoms with van der Waals surface area (Å²) in [5.41, 5.74) is 4.43. The van der Waals surface area contributed by atoms with Crippen molar-refractivity contribution in [3.8, 4) is 0 Å². The molecule has 0 bridgehead atoms. The summed E-state index contributed by atoms with van der Waals surface area (Å²) in [6.45, 7) is 1.26. The van der Waals surface area contributed by atoms with E-state index in [0.29, 0.717) is 0 Å². The van der Waals surface area contributed by atoms with Crippen molar-refractivity contribution in [2.45, 2.75) is 31.2 Å². The minimum absolute atomic E-state index is 0.720. The van der Waals surface area contributed by atoms with E-state index in [1.165, 1.54) is 42.3 Å². The number of likely N-dealkylation sites (N-methyl/N-ethyl adjacent to an activating group) is 1. The van der Waals surface area contributed by atoms with Gasteiger partial charge in [0.15, 0.2) is 0 Å². The van der Waals surface area contributed by atoms with Gasteiger partial charge >= 0.3 is 0 Å². The van der Waals surface area contributed by atoms with Crippen molar-refractivity contribution >= 4 is 10.9 Å². The Bertz CT molecular complexity index is 569. The third-order valence-electron chi connectivity index (χ3n) is 4.70. The number of fused-ring (bicyclic) bond motifs is 2. The van der Waals surface area contributed by atoms with Gasteiger partial charge in [-0.3, -0.25) is 0 Å². The van der Waals surface area contributed by atoms with Crippen molar-refractivity contribution in [2.24, 2.45) is 0 Å². The van der Waals surface area contributed by atoms with E-state index in [1.54, 1.807) is 5.56 Å². The molecule has 0 saturated carbocycles. The smallest absolute Gasteiger partial charge is 0.0459 e. The van der Waals surface area contributed by atoms with Crippen LogP contribution in [-0.4, -0.2) is 29.5 Å². The molecule has 2 nitrogen and oxygen atoms in total. The number of aromatic nitrogens is 1. The van der Waals surface area contributed by atoms with E-state index in [4.69, 9.17) is 0 Å². The Morgan fingerprint density at radius 3 is 3.24 bits per heavy atom. The van der Waals surface area contributed by atoms with Crippen molar-refractivity contribution in [3.63, 3.8) is 0 Å².